The van der Waals surface area contributed by atoms with E-state index in [0.717, 1.165) is 10.0 Å². The first-order valence-electron chi connectivity index (χ1n) is 9.59. The average molecular weight is 566 g/mol. The predicted octanol–water partition coefficient (Wildman–Crippen LogP) is 3.49. The SMILES string of the molecule is COc1cc(NS(=O)(=O)c2ccc(NC(=S)NC(=O)c3ccc(C)c(Br)c3)cc2)nc(OC)n1. The Bertz CT molecular complexity index is 1310. The molecule has 1 aromatic heterocycles. The summed E-state index contributed by atoms with van der Waals surface area (Å²) in [6.07, 6.45) is 0. The zero-order valence-electron chi connectivity index (χ0n) is 18.2. The molecule has 0 aliphatic heterocycles. The molecule has 0 saturated carbocycles. The van der Waals surface area contributed by atoms with Gasteiger partial charge in [0, 0.05) is 21.8 Å². The molecule has 3 rings (SSSR count). The molecule has 0 unspecified atom stereocenters. The number of carbonyl (C=O) groups excluding carboxylic acids is 1. The smallest absolute Gasteiger partial charge is 0.321 e. The third-order valence-corrected chi connectivity index (χ3v) is 6.83. The van der Waals surface area contributed by atoms with Crippen molar-refractivity contribution in [3.63, 3.8) is 0 Å². The van der Waals surface area contributed by atoms with Crippen molar-refractivity contribution in [1.29, 1.82) is 0 Å². The van der Waals surface area contributed by atoms with Gasteiger partial charge in [-0.3, -0.25) is 14.8 Å². The molecule has 178 valence electrons. The fourth-order valence-corrected chi connectivity index (χ4v) is 4.22. The van der Waals surface area contributed by atoms with Gasteiger partial charge >= 0.3 is 6.01 Å². The van der Waals surface area contributed by atoms with Crippen LogP contribution in [0.1, 0.15) is 15.9 Å². The van der Waals surface area contributed by atoms with Gasteiger partial charge in [0.1, 0.15) is 0 Å². The topological polar surface area (TPSA) is 132 Å². The molecule has 0 radical (unpaired) electrons. The first kappa shape index (κ1) is 25.3. The summed E-state index contributed by atoms with van der Waals surface area (Å²) >= 11 is 8.58. The van der Waals surface area contributed by atoms with Crippen molar-refractivity contribution in [3.8, 4) is 11.9 Å². The highest BCUT2D eigenvalue weighted by atomic mass is 79.9. The summed E-state index contributed by atoms with van der Waals surface area (Å²) in [5.41, 5.74) is 1.92. The number of carbonyl (C=O) groups is 1. The fraction of sp³-hybridized carbons (Fsp3) is 0.143. The Morgan fingerprint density at radius 2 is 1.74 bits per heavy atom. The maximum Gasteiger partial charge on any atom is 0.321 e. The predicted molar refractivity (Wildman–Crippen MR) is 135 cm³/mol. The molecule has 0 bridgehead atoms. The first-order valence-corrected chi connectivity index (χ1v) is 12.3. The number of halogens is 1. The van der Waals surface area contributed by atoms with Gasteiger partial charge in [-0.1, -0.05) is 22.0 Å². The third-order valence-electron chi connectivity index (χ3n) is 4.40. The number of nitrogens with one attached hydrogen (secondary N) is 3. The summed E-state index contributed by atoms with van der Waals surface area (Å²) in [7, 11) is -1.22. The molecular formula is C21H20BrN5O5S2. The molecule has 0 aliphatic carbocycles. The highest BCUT2D eigenvalue weighted by Gasteiger charge is 2.17. The van der Waals surface area contributed by atoms with Crippen LogP contribution in [0.15, 0.2) is 57.9 Å². The highest BCUT2D eigenvalue weighted by Crippen LogP contribution is 2.22. The minimum Gasteiger partial charge on any atom is -0.481 e. The number of aryl methyl sites for hydroxylation is 1. The lowest BCUT2D eigenvalue weighted by molar-refractivity contribution is 0.0977. The molecule has 1 heterocycles. The van der Waals surface area contributed by atoms with Crippen molar-refractivity contribution >= 4 is 60.7 Å². The van der Waals surface area contributed by atoms with Crippen LogP contribution in [0.3, 0.4) is 0 Å². The Kier molecular flexibility index (Phi) is 8.02. The van der Waals surface area contributed by atoms with Gasteiger partial charge in [0.25, 0.3) is 15.9 Å². The molecule has 0 saturated heterocycles. The van der Waals surface area contributed by atoms with E-state index in [0.29, 0.717) is 11.3 Å². The van der Waals surface area contributed by atoms with Crippen LogP contribution in [0, 0.1) is 6.92 Å². The molecule has 0 fully saturated rings. The van der Waals surface area contributed by atoms with Crippen LogP contribution in [-0.2, 0) is 10.0 Å². The van der Waals surface area contributed by atoms with Crippen LogP contribution in [0.5, 0.6) is 11.9 Å². The van der Waals surface area contributed by atoms with Crippen LogP contribution < -0.4 is 24.8 Å². The molecule has 13 heteroatoms. The van der Waals surface area contributed by atoms with Crippen molar-refractivity contribution in [1.82, 2.24) is 15.3 Å². The Labute approximate surface area is 210 Å². The maximum absolute atomic E-state index is 12.7. The number of hydrogen-bond donors (Lipinski definition) is 3. The van der Waals surface area contributed by atoms with Gasteiger partial charge in [0.2, 0.25) is 5.88 Å². The van der Waals surface area contributed by atoms with E-state index in [9.17, 15) is 13.2 Å². The number of ether oxygens (including phenoxy) is 2. The van der Waals surface area contributed by atoms with E-state index in [-0.39, 0.29) is 33.6 Å². The standard InChI is InChI=1S/C21H20BrN5O5S2/c1-12-4-5-13(10-16(12)22)19(28)26-21(33)23-14-6-8-15(9-7-14)34(29,30)27-17-11-18(31-2)25-20(24-17)32-3/h4-11H,1-3H3,(H,24,25,27)(H2,23,26,28,33). The molecule has 0 aliphatic rings. The van der Waals surface area contributed by atoms with Crippen molar-refractivity contribution < 1.29 is 22.7 Å². The second-order valence-corrected chi connectivity index (χ2v) is 9.73. The van der Waals surface area contributed by atoms with Crippen LogP contribution in [-0.4, -0.2) is 43.6 Å². The first-order chi connectivity index (χ1) is 16.1. The Hall–Kier alpha value is -3.29. The molecule has 2 aromatic carbocycles. The van der Waals surface area contributed by atoms with E-state index in [1.54, 1.807) is 12.1 Å². The molecule has 3 N–H and O–H groups in total. The normalized spacial score (nSPS) is 10.8. The lowest BCUT2D eigenvalue weighted by atomic mass is 10.1. The highest BCUT2D eigenvalue weighted by molar-refractivity contribution is 9.10. The number of anilines is 2. The van der Waals surface area contributed by atoms with Gasteiger partial charge in [-0.25, -0.2) is 8.42 Å². The minimum atomic E-state index is -3.96. The molecule has 10 nitrogen and oxygen atoms in total. The van der Waals surface area contributed by atoms with Gasteiger partial charge in [-0.15, -0.1) is 0 Å². The molecule has 0 atom stereocenters. The monoisotopic (exact) mass is 565 g/mol. The zero-order chi connectivity index (χ0) is 24.9. The number of rotatable bonds is 7. The van der Waals surface area contributed by atoms with E-state index in [1.165, 1.54) is 44.6 Å². The van der Waals surface area contributed by atoms with Crippen molar-refractivity contribution in [2.24, 2.45) is 0 Å². The average Bonchev–Trinajstić information content (AvgIpc) is 2.80. The van der Waals surface area contributed by atoms with Gasteiger partial charge < -0.3 is 14.8 Å². The summed E-state index contributed by atoms with van der Waals surface area (Å²) in [4.78, 5) is 20.2. The number of aromatic nitrogens is 2. The van der Waals surface area contributed by atoms with E-state index in [1.807, 2.05) is 13.0 Å². The Morgan fingerprint density at radius 3 is 2.35 bits per heavy atom. The van der Waals surface area contributed by atoms with E-state index < -0.39 is 10.0 Å². The largest absolute Gasteiger partial charge is 0.481 e. The number of hydrogen-bond acceptors (Lipinski definition) is 8. The second kappa shape index (κ2) is 10.8. The van der Waals surface area contributed by atoms with Crippen molar-refractivity contribution in [3.05, 3.63) is 64.1 Å². The third kappa shape index (κ3) is 6.40. The van der Waals surface area contributed by atoms with Gasteiger partial charge in [0.05, 0.1) is 19.1 Å². The summed E-state index contributed by atoms with van der Waals surface area (Å²) in [5.74, 6) is -0.257. The van der Waals surface area contributed by atoms with Crippen molar-refractivity contribution in [2.75, 3.05) is 24.3 Å². The number of benzene rings is 2. The van der Waals surface area contributed by atoms with E-state index in [2.05, 4.69) is 41.3 Å². The Morgan fingerprint density at radius 1 is 1.03 bits per heavy atom. The molecule has 1 amide bonds. The summed E-state index contributed by atoms with van der Waals surface area (Å²) in [6, 6.07) is 12.2. The number of amides is 1. The van der Waals surface area contributed by atoms with E-state index >= 15 is 0 Å². The lowest BCUT2D eigenvalue weighted by Crippen LogP contribution is -2.34. The fourth-order valence-electron chi connectivity index (χ4n) is 2.64. The number of methoxy groups -OCH3 is 2. The van der Waals surface area contributed by atoms with Gasteiger partial charge in [-0.05, 0) is 61.1 Å². The Balaban J connectivity index is 1.66. The molecule has 34 heavy (non-hydrogen) atoms. The van der Waals surface area contributed by atoms with Crippen LogP contribution in [0.2, 0.25) is 0 Å². The van der Waals surface area contributed by atoms with Gasteiger partial charge in [-0.2, -0.15) is 9.97 Å². The quantitative estimate of drug-likeness (QED) is 0.368. The summed E-state index contributed by atoms with van der Waals surface area (Å²) in [6.45, 7) is 1.92. The van der Waals surface area contributed by atoms with Crippen LogP contribution in [0.4, 0.5) is 11.5 Å². The van der Waals surface area contributed by atoms with Crippen molar-refractivity contribution in [2.45, 2.75) is 11.8 Å². The number of nitrogens with zero attached hydrogens (tertiary/aromatic N) is 2. The number of thiocarbonyl (C=S) groups is 1. The van der Waals surface area contributed by atoms with Gasteiger partial charge in [0.15, 0.2) is 10.9 Å². The second-order valence-electron chi connectivity index (χ2n) is 6.78. The molecule has 0 spiro atoms. The molecule has 3 aromatic rings. The van der Waals surface area contributed by atoms with Crippen LogP contribution in [0.25, 0.3) is 0 Å². The zero-order valence-corrected chi connectivity index (χ0v) is 21.5. The lowest BCUT2D eigenvalue weighted by Gasteiger charge is -2.12. The number of sulfonamides is 1. The maximum atomic E-state index is 12.7. The van der Waals surface area contributed by atoms with E-state index in [4.69, 9.17) is 21.7 Å². The van der Waals surface area contributed by atoms with Crippen LogP contribution >= 0.6 is 28.1 Å². The minimum absolute atomic E-state index is 0.0162. The summed E-state index contributed by atoms with van der Waals surface area (Å²) < 4.78 is 38.6. The summed E-state index contributed by atoms with van der Waals surface area (Å²) in [5, 5.41) is 5.49. The molecular weight excluding hydrogens is 546 g/mol.